The molecule has 0 amide bonds. The van der Waals surface area contributed by atoms with Crippen LogP contribution in [0, 0.1) is 0 Å². The van der Waals surface area contributed by atoms with Crippen LogP contribution in [-0.4, -0.2) is 59.4 Å². The molecule has 6 nitrogen and oxygen atoms in total. The fourth-order valence-corrected chi connectivity index (χ4v) is 5.00. The van der Waals surface area contributed by atoms with E-state index in [1.807, 2.05) is 12.3 Å². The molecule has 142 valence electrons. The topological polar surface area (TPSA) is 54.4 Å². The molecule has 2 aromatic heterocycles. The zero-order chi connectivity index (χ0) is 18.8. The first-order chi connectivity index (χ1) is 13.2. The number of ether oxygens (including phenoxy) is 1. The summed E-state index contributed by atoms with van der Waals surface area (Å²) < 4.78 is 7.50. The number of thiazole rings is 1. The molecule has 1 aromatic carbocycles. The number of hydrogen-bond donors (Lipinski definition) is 0. The van der Waals surface area contributed by atoms with Gasteiger partial charge < -0.3 is 9.64 Å². The fraction of sp³-hybridized carbons (Fsp3) is 0.421. The van der Waals surface area contributed by atoms with Crippen LogP contribution in [0.25, 0.3) is 10.3 Å². The van der Waals surface area contributed by atoms with E-state index in [2.05, 4.69) is 49.9 Å². The maximum absolute atomic E-state index is 5.37. The number of thioether (sulfide) groups is 1. The van der Waals surface area contributed by atoms with Gasteiger partial charge in [0.25, 0.3) is 0 Å². The third-order valence-corrected chi connectivity index (χ3v) is 7.09. The highest BCUT2D eigenvalue weighted by molar-refractivity contribution is 8.00. The SMILES string of the molecule is COc1cccc(C(C)N2CCN(c3ncnc4nc(SC)sc34)CC2)c1. The molecule has 3 heterocycles. The normalized spacial score (nSPS) is 16.6. The third-order valence-electron chi connectivity index (χ3n) is 5.07. The highest BCUT2D eigenvalue weighted by Crippen LogP contribution is 2.33. The summed E-state index contributed by atoms with van der Waals surface area (Å²) in [7, 11) is 1.72. The van der Waals surface area contributed by atoms with Crippen molar-refractivity contribution in [2.24, 2.45) is 0 Å². The van der Waals surface area contributed by atoms with Gasteiger partial charge in [0.1, 0.15) is 16.8 Å². The predicted molar refractivity (Wildman–Crippen MR) is 112 cm³/mol. The quantitative estimate of drug-likeness (QED) is 0.604. The van der Waals surface area contributed by atoms with Crippen LogP contribution in [-0.2, 0) is 0 Å². The number of benzene rings is 1. The summed E-state index contributed by atoms with van der Waals surface area (Å²) in [6.07, 6.45) is 3.68. The summed E-state index contributed by atoms with van der Waals surface area (Å²) in [5.74, 6) is 1.93. The van der Waals surface area contributed by atoms with Gasteiger partial charge in [-0.15, -0.1) is 11.3 Å². The summed E-state index contributed by atoms with van der Waals surface area (Å²) in [6.45, 7) is 6.16. The second kappa shape index (κ2) is 8.00. The molecule has 27 heavy (non-hydrogen) atoms. The molecule has 8 heteroatoms. The lowest BCUT2D eigenvalue weighted by atomic mass is 10.1. The van der Waals surface area contributed by atoms with Crippen LogP contribution in [0.4, 0.5) is 5.82 Å². The lowest BCUT2D eigenvalue weighted by Gasteiger charge is -2.38. The van der Waals surface area contributed by atoms with Crippen molar-refractivity contribution in [2.75, 3.05) is 44.4 Å². The number of fused-ring (bicyclic) bond motifs is 1. The van der Waals surface area contributed by atoms with Crippen LogP contribution in [0.1, 0.15) is 18.5 Å². The van der Waals surface area contributed by atoms with E-state index in [0.29, 0.717) is 6.04 Å². The second-order valence-electron chi connectivity index (χ2n) is 6.51. The van der Waals surface area contributed by atoms with Gasteiger partial charge in [0.05, 0.1) is 7.11 Å². The van der Waals surface area contributed by atoms with Gasteiger partial charge in [-0.3, -0.25) is 4.90 Å². The molecule has 1 atom stereocenters. The summed E-state index contributed by atoms with van der Waals surface area (Å²) in [5.41, 5.74) is 2.10. The Bertz CT molecular complexity index is 923. The molecule has 0 spiro atoms. The van der Waals surface area contributed by atoms with Crippen molar-refractivity contribution in [3.05, 3.63) is 36.2 Å². The van der Waals surface area contributed by atoms with E-state index >= 15 is 0 Å². The largest absolute Gasteiger partial charge is 0.497 e. The number of nitrogens with zero attached hydrogens (tertiary/aromatic N) is 5. The molecule has 1 saturated heterocycles. The van der Waals surface area contributed by atoms with E-state index in [9.17, 15) is 0 Å². The molecule has 0 bridgehead atoms. The number of rotatable bonds is 5. The van der Waals surface area contributed by atoms with E-state index in [0.717, 1.165) is 52.4 Å². The number of methoxy groups -OCH3 is 1. The third kappa shape index (κ3) is 3.74. The van der Waals surface area contributed by atoms with Gasteiger partial charge in [0.15, 0.2) is 15.8 Å². The highest BCUT2D eigenvalue weighted by atomic mass is 32.2. The van der Waals surface area contributed by atoms with Crippen molar-refractivity contribution in [1.82, 2.24) is 19.9 Å². The minimum atomic E-state index is 0.360. The van der Waals surface area contributed by atoms with Crippen molar-refractivity contribution >= 4 is 39.3 Å². The standard InChI is InChI=1S/C19H23N5OS2/c1-13(14-5-4-6-15(11-14)25-2)23-7-9-24(10-8-23)18-16-17(20-12-21-18)22-19(26-3)27-16/h4-6,11-13H,7-10H2,1-3H3. The number of hydrogen-bond acceptors (Lipinski definition) is 8. The van der Waals surface area contributed by atoms with Gasteiger partial charge in [-0.25, -0.2) is 15.0 Å². The van der Waals surface area contributed by atoms with Crippen molar-refractivity contribution in [1.29, 1.82) is 0 Å². The molecular weight excluding hydrogens is 378 g/mol. The number of aromatic nitrogens is 3. The summed E-state index contributed by atoms with van der Waals surface area (Å²) in [4.78, 5) is 18.3. The Kier molecular flexibility index (Phi) is 5.47. The molecule has 0 radical (unpaired) electrons. The van der Waals surface area contributed by atoms with Crippen molar-refractivity contribution in [3.63, 3.8) is 0 Å². The van der Waals surface area contributed by atoms with Gasteiger partial charge >= 0.3 is 0 Å². The molecule has 0 saturated carbocycles. The highest BCUT2D eigenvalue weighted by Gasteiger charge is 2.25. The lowest BCUT2D eigenvalue weighted by Crippen LogP contribution is -2.47. The van der Waals surface area contributed by atoms with Crippen molar-refractivity contribution in [3.8, 4) is 5.75 Å². The minimum absolute atomic E-state index is 0.360. The van der Waals surface area contributed by atoms with Crippen LogP contribution >= 0.6 is 23.1 Å². The molecule has 4 rings (SSSR count). The Labute approximate surface area is 167 Å². The monoisotopic (exact) mass is 401 g/mol. The van der Waals surface area contributed by atoms with Crippen LogP contribution < -0.4 is 9.64 Å². The van der Waals surface area contributed by atoms with Crippen LogP contribution in [0.3, 0.4) is 0 Å². The minimum Gasteiger partial charge on any atom is -0.497 e. The zero-order valence-corrected chi connectivity index (χ0v) is 17.4. The van der Waals surface area contributed by atoms with Crippen molar-refractivity contribution < 1.29 is 4.74 Å². The first-order valence-corrected chi connectivity index (χ1v) is 11.0. The Morgan fingerprint density at radius 3 is 2.74 bits per heavy atom. The van der Waals surface area contributed by atoms with Gasteiger partial charge in [-0.2, -0.15) is 0 Å². The average Bonchev–Trinajstić information content (AvgIpc) is 3.17. The maximum Gasteiger partial charge on any atom is 0.176 e. The fourth-order valence-electron chi connectivity index (χ4n) is 3.47. The molecule has 1 aliphatic rings. The molecule has 0 aliphatic carbocycles. The van der Waals surface area contributed by atoms with Crippen LogP contribution in [0.2, 0.25) is 0 Å². The van der Waals surface area contributed by atoms with E-state index < -0.39 is 0 Å². The second-order valence-corrected chi connectivity index (χ2v) is 8.56. The Balaban J connectivity index is 1.48. The summed E-state index contributed by atoms with van der Waals surface area (Å²) in [5, 5.41) is 0. The molecule has 1 unspecified atom stereocenters. The van der Waals surface area contributed by atoms with Gasteiger partial charge in [0, 0.05) is 32.2 Å². The molecule has 3 aromatic rings. The van der Waals surface area contributed by atoms with Gasteiger partial charge in [-0.05, 0) is 30.9 Å². The molecule has 1 fully saturated rings. The molecule has 1 aliphatic heterocycles. The Morgan fingerprint density at radius 1 is 1.19 bits per heavy atom. The van der Waals surface area contributed by atoms with Gasteiger partial charge in [0.2, 0.25) is 0 Å². The smallest absolute Gasteiger partial charge is 0.176 e. The zero-order valence-electron chi connectivity index (χ0n) is 15.8. The van der Waals surface area contributed by atoms with Gasteiger partial charge in [-0.1, -0.05) is 23.9 Å². The average molecular weight is 402 g/mol. The Hall–Kier alpha value is -1.90. The van der Waals surface area contributed by atoms with E-state index in [1.54, 1.807) is 36.5 Å². The maximum atomic E-state index is 5.37. The van der Waals surface area contributed by atoms with E-state index in [-0.39, 0.29) is 0 Å². The summed E-state index contributed by atoms with van der Waals surface area (Å²) in [6, 6.07) is 8.72. The predicted octanol–water partition coefficient (Wildman–Crippen LogP) is 3.70. The summed E-state index contributed by atoms with van der Waals surface area (Å²) >= 11 is 3.34. The van der Waals surface area contributed by atoms with Crippen molar-refractivity contribution in [2.45, 2.75) is 17.3 Å². The first kappa shape index (κ1) is 18.5. The van der Waals surface area contributed by atoms with E-state index in [1.165, 1.54) is 5.56 Å². The number of anilines is 1. The van der Waals surface area contributed by atoms with Crippen LogP contribution in [0.5, 0.6) is 5.75 Å². The first-order valence-electron chi connectivity index (χ1n) is 8.98. The molecule has 0 N–H and O–H groups in total. The Morgan fingerprint density at radius 2 is 2.00 bits per heavy atom. The molecular formula is C19H23N5OS2. The van der Waals surface area contributed by atoms with E-state index in [4.69, 9.17) is 4.74 Å². The number of piperazine rings is 1. The van der Waals surface area contributed by atoms with Crippen LogP contribution in [0.15, 0.2) is 34.9 Å². The lowest BCUT2D eigenvalue weighted by molar-refractivity contribution is 0.198.